The fourth-order valence-corrected chi connectivity index (χ4v) is 3.92. The maximum atomic E-state index is 12.7. The minimum atomic E-state index is -0.283. The third kappa shape index (κ3) is 4.17. The van der Waals surface area contributed by atoms with Crippen molar-refractivity contribution in [3.63, 3.8) is 0 Å². The lowest BCUT2D eigenvalue weighted by Crippen LogP contribution is -2.44. The zero-order chi connectivity index (χ0) is 21.1. The molecule has 0 N–H and O–H groups in total. The molecule has 2 aromatic rings. The Kier molecular flexibility index (Phi) is 5.74. The van der Waals surface area contributed by atoms with E-state index in [2.05, 4.69) is 9.97 Å². The summed E-state index contributed by atoms with van der Waals surface area (Å²) >= 11 is 0. The molecular formula is C22H24N4O4. The fraction of sp³-hybridized carbons (Fsp3) is 0.409. The van der Waals surface area contributed by atoms with Crippen LogP contribution in [0.5, 0.6) is 5.88 Å². The predicted molar refractivity (Wildman–Crippen MR) is 108 cm³/mol. The van der Waals surface area contributed by atoms with Gasteiger partial charge in [-0.05, 0) is 38.3 Å². The Balaban J connectivity index is 1.27. The predicted octanol–water partition coefficient (Wildman–Crippen LogP) is 2.23. The molecule has 2 aliphatic rings. The summed E-state index contributed by atoms with van der Waals surface area (Å²) in [7, 11) is 0. The zero-order valence-corrected chi connectivity index (χ0v) is 16.9. The highest BCUT2D eigenvalue weighted by molar-refractivity contribution is 6.21. The zero-order valence-electron chi connectivity index (χ0n) is 16.9. The van der Waals surface area contributed by atoms with E-state index in [0.29, 0.717) is 42.3 Å². The molecule has 1 aromatic heterocycles. The van der Waals surface area contributed by atoms with Gasteiger partial charge in [0.1, 0.15) is 11.9 Å². The van der Waals surface area contributed by atoms with Crippen LogP contribution in [0.1, 0.15) is 52.2 Å². The van der Waals surface area contributed by atoms with Gasteiger partial charge in [-0.2, -0.15) is 4.98 Å². The molecule has 30 heavy (non-hydrogen) atoms. The Morgan fingerprint density at radius 1 is 1.17 bits per heavy atom. The van der Waals surface area contributed by atoms with Crippen LogP contribution in [-0.2, 0) is 4.79 Å². The van der Waals surface area contributed by atoms with E-state index in [1.165, 1.54) is 4.90 Å². The molecule has 0 radical (unpaired) electrons. The minimum Gasteiger partial charge on any atom is -0.472 e. The largest absolute Gasteiger partial charge is 0.472 e. The number of fused-ring (bicyclic) bond motifs is 1. The molecular weight excluding hydrogens is 384 g/mol. The van der Waals surface area contributed by atoms with Gasteiger partial charge in [0.05, 0.1) is 17.7 Å². The van der Waals surface area contributed by atoms with Crippen molar-refractivity contribution in [3.8, 4) is 5.88 Å². The van der Waals surface area contributed by atoms with Crippen molar-refractivity contribution < 1.29 is 19.1 Å². The van der Waals surface area contributed by atoms with E-state index < -0.39 is 0 Å². The van der Waals surface area contributed by atoms with Gasteiger partial charge in [-0.15, -0.1) is 0 Å². The maximum absolute atomic E-state index is 12.7. The number of likely N-dealkylation sites (tertiary alicyclic amines) is 1. The lowest BCUT2D eigenvalue weighted by molar-refractivity contribution is -0.134. The van der Waals surface area contributed by atoms with Gasteiger partial charge in [-0.25, -0.2) is 4.98 Å². The number of aromatic nitrogens is 2. The fourth-order valence-electron chi connectivity index (χ4n) is 3.92. The first-order valence-corrected chi connectivity index (χ1v) is 10.2. The molecule has 1 fully saturated rings. The number of amides is 3. The second-order valence-corrected chi connectivity index (χ2v) is 7.58. The van der Waals surface area contributed by atoms with Gasteiger partial charge < -0.3 is 9.64 Å². The quantitative estimate of drug-likeness (QED) is 0.681. The van der Waals surface area contributed by atoms with Crippen LogP contribution in [0.2, 0.25) is 0 Å². The van der Waals surface area contributed by atoms with Crippen molar-refractivity contribution in [2.45, 2.75) is 38.7 Å². The first-order chi connectivity index (χ1) is 14.5. The summed E-state index contributed by atoms with van der Waals surface area (Å²) < 4.78 is 5.92. The third-order valence-electron chi connectivity index (χ3n) is 5.42. The van der Waals surface area contributed by atoms with Crippen LogP contribution in [-0.4, -0.2) is 63.2 Å². The van der Waals surface area contributed by atoms with Crippen LogP contribution < -0.4 is 4.74 Å². The molecule has 0 spiro atoms. The Morgan fingerprint density at radius 2 is 1.90 bits per heavy atom. The summed E-state index contributed by atoms with van der Waals surface area (Å²) in [5, 5.41) is 0. The van der Waals surface area contributed by atoms with Crippen LogP contribution in [0.15, 0.2) is 36.5 Å². The molecule has 3 heterocycles. The van der Waals surface area contributed by atoms with Crippen LogP contribution in [0.3, 0.4) is 0 Å². The SMILES string of the molecule is Cc1nccc(OC2CCCN(C(=O)CCCN3C(=O)c4ccccc4C3=O)C2)n1. The lowest BCUT2D eigenvalue weighted by Gasteiger charge is -2.32. The third-order valence-corrected chi connectivity index (χ3v) is 5.42. The van der Waals surface area contributed by atoms with Crippen LogP contribution >= 0.6 is 0 Å². The first-order valence-electron chi connectivity index (χ1n) is 10.2. The maximum Gasteiger partial charge on any atom is 0.261 e. The number of carbonyl (C=O) groups excluding carboxylic acids is 3. The van der Waals surface area contributed by atoms with Gasteiger partial charge in [-0.3, -0.25) is 19.3 Å². The van der Waals surface area contributed by atoms with Crippen molar-refractivity contribution in [1.29, 1.82) is 0 Å². The van der Waals surface area contributed by atoms with E-state index in [9.17, 15) is 14.4 Å². The van der Waals surface area contributed by atoms with Gasteiger partial charge in [-0.1, -0.05) is 12.1 Å². The lowest BCUT2D eigenvalue weighted by atomic mass is 10.1. The molecule has 3 amide bonds. The van der Waals surface area contributed by atoms with Crippen molar-refractivity contribution >= 4 is 17.7 Å². The Bertz CT molecular complexity index is 942. The van der Waals surface area contributed by atoms with Crippen molar-refractivity contribution in [2.75, 3.05) is 19.6 Å². The monoisotopic (exact) mass is 408 g/mol. The highest BCUT2D eigenvalue weighted by Crippen LogP contribution is 2.23. The Labute approximate surface area is 174 Å². The first kappa shape index (κ1) is 20.0. The van der Waals surface area contributed by atoms with Gasteiger partial charge in [0.15, 0.2) is 0 Å². The standard InChI is InChI=1S/C22H24N4O4/c1-15-23-11-10-19(24-15)30-16-6-4-12-25(14-16)20(27)9-5-13-26-21(28)17-7-2-3-8-18(17)22(26)29/h2-3,7-8,10-11,16H,4-6,9,12-14H2,1H3. The Morgan fingerprint density at radius 3 is 2.60 bits per heavy atom. The number of ether oxygens (including phenoxy) is 1. The van der Waals surface area contributed by atoms with E-state index in [4.69, 9.17) is 4.74 Å². The number of imide groups is 1. The van der Waals surface area contributed by atoms with Crippen molar-refractivity contribution in [1.82, 2.24) is 19.8 Å². The van der Waals surface area contributed by atoms with Gasteiger partial charge >= 0.3 is 0 Å². The van der Waals surface area contributed by atoms with Crippen molar-refractivity contribution in [2.24, 2.45) is 0 Å². The van der Waals surface area contributed by atoms with Gasteiger partial charge in [0.25, 0.3) is 11.8 Å². The van der Waals surface area contributed by atoms with Crippen LogP contribution in [0, 0.1) is 6.92 Å². The summed E-state index contributed by atoms with van der Waals surface area (Å²) in [6, 6.07) is 8.53. The highest BCUT2D eigenvalue weighted by atomic mass is 16.5. The smallest absolute Gasteiger partial charge is 0.261 e. The number of benzene rings is 1. The average Bonchev–Trinajstić information content (AvgIpc) is 2.99. The van der Waals surface area contributed by atoms with Crippen LogP contribution in [0.4, 0.5) is 0 Å². The van der Waals surface area contributed by atoms with E-state index >= 15 is 0 Å². The number of nitrogens with zero attached hydrogens (tertiary/aromatic N) is 4. The van der Waals surface area contributed by atoms with E-state index in [-0.39, 0.29) is 36.8 Å². The van der Waals surface area contributed by atoms with Crippen molar-refractivity contribution in [3.05, 3.63) is 53.5 Å². The number of rotatable bonds is 6. The molecule has 8 nitrogen and oxygen atoms in total. The normalized spacial score (nSPS) is 18.5. The molecule has 1 unspecified atom stereocenters. The second kappa shape index (κ2) is 8.61. The number of hydrogen-bond donors (Lipinski definition) is 0. The molecule has 0 aliphatic carbocycles. The molecule has 1 aromatic carbocycles. The second-order valence-electron chi connectivity index (χ2n) is 7.58. The molecule has 156 valence electrons. The van der Waals surface area contributed by atoms with E-state index in [1.807, 2.05) is 0 Å². The molecule has 0 bridgehead atoms. The van der Waals surface area contributed by atoms with Gasteiger partial charge in [0, 0.05) is 31.8 Å². The van der Waals surface area contributed by atoms with E-state index in [0.717, 1.165) is 12.8 Å². The summed E-state index contributed by atoms with van der Waals surface area (Å²) in [4.78, 5) is 48.8. The van der Waals surface area contributed by atoms with E-state index in [1.54, 1.807) is 48.4 Å². The molecule has 1 atom stereocenters. The molecule has 4 rings (SSSR count). The minimum absolute atomic E-state index is 0.0128. The molecule has 8 heteroatoms. The average molecular weight is 408 g/mol. The summed E-state index contributed by atoms with van der Waals surface area (Å²) in [6.45, 7) is 3.24. The highest BCUT2D eigenvalue weighted by Gasteiger charge is 2.34. The van der Waals surface area contributed by atoms with Gasteiger partial charge in [0.2, 0.25) is 11.8 Å². The number of piperidine rings is 1. The summed E-state index contributed by atoms with van der Waals surface area (Å²) in [6.07, 6.45) is 4.00. The molecule has 1 saturated heterocycles. The summed E-state index contributed by atoms with van der Waals surface area (Å²) in [5.41, 5.74) is 0.870. The summed E-state index contributed by atoms with van der Waals surface area (Å²) in [5.74, 6) is 0.611. The number of aryl methyl sites for hydroxylation is 1. The molecule has 0 saturated carbocycles. The number of carbonyl (C=O) groups is 3. The topological polar surface area (TPSA) is 92.7 Å². The molecule has 2 aliphatic heterocycles. The van der Waals surface area contributed by atoms with Crippen LogP contribution in [0.25, 0.3) is 0 Å². The Hall–Kier alpha value is -3.29. The number of hydrogen-bond acceptors (Lipinski definition) is 6.